The van der Waals surface area contributed by atoms with Crippen molar-refractivity contribution in [2.24, 2.45) is 29.1 Å². The van der Waals surface area contributed by atoms with Crippen LogP contribution in [0, 0.1) is 29.1 Å². The maximum absolute atomic E-state index is 2.39. The molecule has 0 amide bonds. The summed E-state index contributed by atoms with van der Waals surface area (Å²) in [6.07, 6.45) is 1.47. The molecular formula is C12H24. The fourth-order valence-corrected chi connectivity index (χ4v) is 3.17. The second kappa shape index (κ2) is 3.05. The van der Waals surface area contributed by atoms with Crippen LogP contribution in [0.2, 0.25) is 0 Å². The predicted molar refractivity (Wildman–Crippen MR) is 55.1 cm³/mol. The van der Waals surface area contributed by atoms with Crippen LogP contribution in [0.3, 0.4) is 0 Å². The van der Waals surface area contributed by atoms with Crippen LogP contribution in [0.4, 0.5) is 0 Å². The lowest BCUT2D eigenvalue weighted by atomic mass is 9.78. The Morgan fingerprint density at radius 1 is 0.917 bits per heavy atom. The van der Waals surface area contributed by atoms with E-state index in [9.17, 15) is 0 Å². The third-order valence-corrected chi connectivity index (χ3v) is 4.06. The molecule has 1 aliphatic carbocycles. The van der Waals surface area contributed by atoms with E-state index in [1.165, 1.54) is 6.42 Å². The first-order valence-corrected chi connectivity index (χ1v) is 5.43. The molecule has 0 heteroatoms. The zero-order valence-corrected chi connectivity index (χ0v) is 9.52. The van der Waals surface area contributed by atoms with Gasteiger partial charge in [0.15, 0.2) is 0 Å². The maximum Gasteiger partial charge on any atom is -0.0218 e. The zero-order valence-electron chi connectivity index (χ0n) is 9.52. The molecule has 72 valence electrons. The van der Waals surface area contributed by atoms with Gasteiger partial charge in [0.05, 0.1) is 0 Å². The smallest absolute Gasteiger partial charge is 0.0218 e. The predicted octanol–water partition coefficient (Wildman–Crippen LogP) is 3.96. The standard InChI is InChI=1S/C12H24/c1-8(2)11-7-12(11,9(3)4)10(5)6/h8-11H,7H2,1-6H3/t11-/m1/s1. The third-order valence-electron chi connectivity index (χ3n) is 4.06. The van der Waals surface area contributed by atoms with Crippen molar-refractivity contribution < 1.29 is 0 Å². The zero-order chi connectivity index (χ0) is 9.52. The Labute approximate surface area is 77.7 Å². The van der Waals surface area contributed by atoms with Crippen molar-refractivity contribution in [3.8, 4) is 0 Å². The summed E-state index contributed by atoms with van der Waals surface area (Å²) in [5.41, 5.74) is 0.689. The van der Waals surface area contributed by atoms with Crippen molar-refractivity contribution in [2.75, 3.05) is 0 Å². The van der Waals surface area contributed by atoms with Crippen molar-refractivity contribution in [3.63, 3.8) is 0 Å². The van der Waals surface area contributed by atoms with E-state index in [1.807, 2.05) is 0 Å². The minimum atomic E-state index is 0.689. The van der Waals surface area contributed by atoms with Crippen LogP contribution in [0.25, 0.3) is 0 Å². The molecule has 0 bridgehead atoms. The van der Waals surface area contributed by atoms with Crippen molar-refractivity contribution in [3.05, 3.63) is 0 Å². The topological polar surface area (TPSA) is 0 Å². The van der Waals surface area contributed by atoms with Crippen LogP contribution in [0.5, 0.6) is 0 Å². The van der Waals surface area contributed by atoms with E-state index in [0.717, 1.165) is 23.7 Å². The van der Waals surface area contributed by atoms with E-state index in [1.54, 1.807) is 0 Å². The molecule has 0 aromatic heterocycles. The number of hydrogen-bond acceptors (Lipinski definition) is 0. The maximum atomic E-state index is 2.39. The summed E-state index contributed by atoms with van der Waals surface area (Å²) in [7, 11) is 0. The summed E-state index contributed by atoms with van der Waals surface area (Å²) in [5.74, 6) is 3.61. The Kier molecular flexibility index (Phi) is 2.56. The average Bonchev–Trinajstić information content (AvgIpc) is 2.60. The molecule has 0 saturated heterocycles. The van der Waals surface area contributed by atoms with E-state index >= 15 is 0 Å². The second-order valence-electron chi connectivity index (χ2n) is 5.48. The first kappa shape index (κ1) is 10.1. The minimum absolute atomic E-state index is 0.689. The molecule has 1 fully saturated rings. The summed E-state index contributed by atoms with van der Waals surface area (Å²) >= 11 is 0. The highest BCUT2D eigenvalue weighted by atomic mass is 14.6. The third kappa shape index (κ3) is 1.30. The van der Waals surface area contributed by atoms with Gasteiger partial charge in [-0.2, -0.15) is 0 Å². The van der Waals surface area contributed by atoms with E-state index < -0.39 is 0 Å². The van der Waals surface area contributed by atoms with Gasteiger partial charge >= 0.3 is 0 Å². The first-order chi connectivity index (χ1) is 5.43. The Morgan fingerprint density at radius 3 is 1.42 bits per heavy atom. The normalized spacial score (nSPS) is 27.2. The molecule has 0 unspecified atom stereocenters. The van der Waals surface area contributed by atoms with Gasteiger partial charge in [-0.3, -0.25) is 0 Å². The SMILES string of the molecule is CC(C)[C@H]1CC1(C(C)C)C(C)C. The highest BCUT2D eigenvalue weighted by Crippen LogP contribution is 2.65. The quantitative estimate of drug-likeness (QED) is 0.598. The molecule has 1 aliphatic rings. The largest absolute Gasteiger partial charge is 0.0625 e. The molecule has 0 aromatic carbocycles. The molecule has 1 saturated carbocycles. The van der Waals surface area contributed by atoms with Gasteiger partial charge in [0.1, 0.15) is 0 Å². The molecule has 0 aromatic rings. The number of rotatable bonds is 3. The van der Waals surface area contributed by atoms with Gasteiger partial charge in [-0.25, -0.2) is 0 Å². The lowest BCUT2D eigenvalue weighted by molar-refractivity contribution is 0.212. The van der Waals surface area contributed by atoms with Crippen LogP contribution in [-0.4, -0.2) is 0 Å². The molecule has 0 nitrogen and oxygen atoms in total. The van der Waals surface area contributed by atoms with Crippen LogP contribution in [-0.2, 0) is 0 Å². The van der Waals surface area contributed by atoms with E-state index in [4.69, 9.17) is 0 Å². The fraction of sp³-hybridized carbons (Fsp3) is 1.00. The number of hydrogen-bond donors (Lipinski definition) is 0. The molecule has 0 aliphatic heterocycles. The van der Waals surface area contributed by atoms with Crippen LogP contribution >= 0.6 is 0 Å². The van der Waals surface area contributed by atoms with Crippen LogP contribution in [0.15, 0.2) is 0 Å². The van der Waals surface area contributed by atoms with Gasteiger partial charge in [-0.1, -0.05) is 41.5 Å². The van der Waals surface area contributed by atoms with E-state index in [2.05, 4.69) is 41.5 Å². The molecular weight excluding hydrogens is 144 g/mol. The van der Waals surface area contributed by atoms with Crippen LogP contribution < -0.4 is 0 Å². The Balaban J connectivity index is 2.69. The average molecular weight is 168 g/mol. The van der Waals surface area contributed by atoms with Gasteiger partial charge < -0.3 is 0 Å². The molecule has 0 N–H and O–H groups in total. The van der Waals surface area contributed by atoms with Crippen molar-refractivity contribution in [1.29, 1.82) is 0 Å². The van der Waals surface area contributed by atoms with E-state index in [0.29, 0.717) is 5.41 Å². The van der Waals surface area contributed by atoms with Gasteiger partial charge in [-0.05, 0) is 35.5 Å². The fourth-order valence-electron chi connectivity index (χ4n) is 3.17. The monoisotopic (exact) mass is 168 g/mol. The molecule has 0 heterocycles. The van der Waals surface area contributed by atoms with Gasteiger partial charge in [0.25, 0.3) is 0 Å². The summed E-state index contributed by atoms with van der Waals surface area (Å²) < 4.78 is 0. The molecule has 1 rings (SSSR count). The lowest BCUT2D eigenvalue weighted by Crippen LogP contribution is -2.21. The summed E-state index contributed by atoms with van der Waals surface area (Å²) in [6, 6.07) is 0. The Hall–Kier alpha value is 0. The highest BCUT2D eigenvalue weighted by Gasteiger charge is 2.58. The summed E-state index contributed by atoms with van der Waals surface area (Å²) in [6.45, 7) is 14.3. The second-order valence-corrected chi connectivity index (χ2v) is 5.48. The summed E-state index contributed by atoms with van der Waals surface area (Å²) in [5, 5.41) is 0. The van der Waals surface area contributed by atoms with Gasteiger partial charge in [0.2, 0.25) is 0 Å². The van der Waals surface area contributed by atoms with Gasteiger partial charge in [-0.15, -0.1) is 0 Å². The van der Waals surface area contributed by atoms with Crippen molar-refractivity contribution >= 4 is 0 Å². The molecule has 12 heavy (non-hydrogen) atoms. The van der Waals surface area contributed by atoms with Gasteiger partial charge in [0, 0.05) is 0 Å². The molecule has 0 radical (unpaired) electrons. The molecule has 1 atom stereocenters. The Morgan fingerprint density at radius 2 is 1.33 bits per heavy atom. The van der Waals surface area contributed by atoms with Crippen molar-refractivity contribution in [2.45, 2.75) is 48.0 Å². The van der Waals surface area contributed by atoms with Crippen molar-refractivity contribution in [1.82, 2.24) is 0 Å². The first-order valence-electron chi connectivity index (χ1n) is 5.43. The highest BCUT2D eigenvalue weighted by molar-refractivity contribution is 5.06. The molecule has 0 spiro atoms. The van der Waals surface area contributed by atoms with Crippen LogP contribution in [0.1, 0.15) is 48.0 Å². The lowest BCUT2D eigenvalue weighted by Gasteiger charge is -2.27. The summed E-state index contributed by atoms with van der Waals surface area (Å²) in [4.78, 5) is 0. The van der Waals surface area contributed by atoms with E-state index in [-0.39, 0.29) is 0 Å². The minimum Gasteiger partial charge on any atom is -0.0625 e. The Bertz CT molecular complexity index is 145.